The van der Waals surface area contributed by atoms with Crippen LogP contribution in [-0.4, -0.2) is 20.0 Å². The molecule has 14 heavy (non-hydrogen) atoms. The summed E-state index contributed by atoms with van der Waals surface area (Å²) in [5.41, 5.74) is 6.27. The Morgan fingerprint density at radius 2 is 2.21 bits per heavy atom. The fourth-order valence-electron chi connectivity index (χ4n) is 0.985. The van der Waals surface area contributed by atoms with Crippen LogP contribution in [0.3, 0.4) is 0 Å². The number of aromatic nitrogens is 4. The van der Waals surface area contributed by atoms with Crippen LogP contribution < -0.4 is 5.73 Å². The maximum absolute atomic E-state index is 5.70. The third-order valence-corrected chi connectivity index (χ3v) is 2.31. The summed E-state index contributed by atoms with van der Waals surface area (Å²) in [6, 6.07) is 1.62. The van der Waals surface area contributed by atoms with E-state index in [0.717, 1.165) is 3.57 Å². The highest BCUT2D eigenvalue weighted by Crippen LogP contribution is 2.17. The molecule has 0 fully saturated rings. The van der Waals surface area contributed by atoms with Gasteiger partial charge in [0.25, 0.3) is 0 Å². The molecule has 0 amide bonds. The van der Waals surface area contributed by atoms with Crippen LogP contribution in [-0.2, 0) is 0 Å². The number of halogens is 2. The maximum atomic E-state index is 5.70. The van der Waals surface area contributed by atoms with E-state index < -0.39 is 0 Å². The van der Waals surface area contributed by atoms with Crippen LogP contribution in [0.5, 0.6) is 0 Å². The lowest BCUT2D eigenvalue weighted by atomic mass is 10.4. The molecule has 2 heterocycles. The van der Waals surface area contributed by atoms with Crippen molar-refractivity contribution >= 4 is 40.0 Å². The van der Waals surface area contributed by atoms with Gasteiger partial charge < -0.3 is 5.73 Å². The van der Waals surface area contributed by atoms with Crippen LogP contribution >= 0.6 is 34.2 Å². The Morgan fingerprint density at radius 1 is 1.43 bits per heavy atom. The van der Waals surface area contributed by atoms with Gasteiger partial charge in [-0.3, -0.25) is 0 Å². The molecule has 2 aromatic rings. The summed E-state index contributed by atoms with van der Waals surface area (Å²) in [5.74, 6) is 0.300. The average Bonchev–Trinajstić information content (AvgIpc) is 2.56. The number of anilines is 1. The molecule has 0 aliphatic carbocycles. The molecule has 2 aromatic heterocycles. The van der Waals surface area contributed by atoms with Gasteiger partial charge in [-0.1, -0.05) is 11.6 Å². The molecule has 0 bridgehead atoms. The van der Waals surface area contributed by atoms with Gasteiger partial charge in [0.1, 0.15) is 5.69 Å². The molecule has 0 atom stereocenters. The van der Waals surface area contributed by atoms with Gasteiger partial charge in [0.15, 0.2) is 11.0 Å². The molecule has 0 radical (unpaired) electrons. The van der Waals surface area contributed by atoms with Crippen molar-refractivity contribution < 1.29 is 0 Å². The molecule has 7 heteroatoms. The monoisotopic (exact) mass is 321 g/mol. The van der Waals surface area contributed by atoms with E-state index >= 15 is 0 Å². The zero-order valence-electron chi connectivity index (χ0n) is 6.85. The lowest BCUT2D eigenvalue weighted by Crippen LogP contribution is -2.03. The highest BCUT2D eigenvalue weighted by molar-refractivity contribution is 14.1. The van der Waals surface area contributed by atoms with E-state index in [0.29, 0.717) is 16.7 Å². The predicted octanol–water partition coefficient (Wildman–Crippen LogP) is 1.50. The van der Waals surface area contributed by atoms with Gasteiger partial charge in [0, 0.05) is 12.3 Å². The molecule has 0 unspecified atom stereocenters. The quantitative estimate of drug-likeness (QED) is 0.808. The zero-order chi connectivity index (χ0) is 10.1. The number of hydrogen-bond donors (Lipinski definition) is 1. The standard InChI is InChI=1S/C7H5ClIN5/c8-6-1-5(7(10)13-12-6)14-3-4(9)2-11-14/h1-3H,(H2,10,13). The molecule has 0 saturated heterocycles. The Balaban J connectivity index is 2.55. The first-order valence-corrected chi connectivity index (χ1v) is 5.12. The van der Waals surface area contributed by atoms with E-state index in [9.17, 15) is 0 Å². The van der Waals surface area contributed by atoms with E-state index in [1.807, 2.05) is 6.20 Å². The average molecular weight is 322 g/mol. The van der Waals surface area contributed by atoms with Crippen LogP contribution in [0.25, 0.3) is 5.69 Å². The molecule has 0 aromatic carbocycles. The van der Waals surface area contributed by atoms with Gasteiger partial charge in [0.05, 0.1) is 9.77 Å². The van der Waals surface area contributed by atoms with Gasteiger partial charge in [-0.15, -0.1) is 10.2 Å². The molecule has 72 valence electrons. The normalized spacial score (nSPS) is 10.4. The minimum absolute atomic E-state index is 0.291. The minimum atomic E-state index is 0.291. The second-order valence-electron chi connectivity index (χ2n) is 2.54. The van der Waals surface area contributed by atoms with Gasteiger partial charge in [-0.2, -0.15) is 5.10 Å². The predicted molar refractivity (Wildman–Crippen MR) is 61.3 cm³/mol. The van der Waals surface area contributed by atoms with E-state index in [4.69, 9.17) is 17.3 Å². The van der Waals surface area contributed by atoms with Gasteiger partial charge in [0.2, 0.25) is 0 Å². The molecule has 2 rings (SSSR count). The number of nitrogens with two attached hydrogens (primary N) is 1. The van der Waals surface area contributed by atoms with Crippen LogP contribution in [0, 0.1) is 3.57 Å². The van der Waals surface area contributed by atoms with Crippen LogP contribution in [0.15, 0.2) is 18.5 Å². The summed E-state index contributed by atoms with van der Waals surface area (Å²) >= 11 is 7.86. The number of hydrogen-bond acceptors (Lipinski definition) is 4. The van der Waals surface area contributed by atoms with Crippen LogP contribution in [0.2, 0.25) is 5.15 Å². The maximum Gasteiger partial charge on any atom is 0.172 e. The van der Waals surface area contributed by atoms with Crippen molar-refractivity contribution in [3.8, 4) is 5.69 Å². The second kappa shape index (κ2) is 3.70. The van der Waals surface area contributed by atoms with Crippen molar-refractivity contribution in [1.82, 2.24) is 20.0 Å². The third kappa shape index (κ3) is 1.80. The topological polar surface area (TPSA) is 69.6 Å². The molecular weight excluding hydrogens is 316 g/mol. The molecule has 0 spiro atoms. The van der Waals surface area contributed by atoms with E-state index in [1.165, 1.54) is 0 Å². The highest BCUT2D eigenvalue weighted by Gasteiger charge is 2.06. The molecule has 2 N–H and O–H groups in total. The highest BCUT2D eigenvalue weighted by atomic mass is 127. The molecule has 0 aliphatic heterocycles. The summed E-state index contributed by atoms with van der Waals surface area (Å²) in [6.45, 7) is 0. The van der Waals surface area contributed by atoms with Crippen molar-refractivity contribution in [2.24, 2.45) is 0 Å². The smallest absolute Gasteiger partial charge is 0.172 e. The molecular formula is C7H5ClIN5. The zero-order valence-corrected chi connectivity index (χ0v) is 9.77. The lowest BCUT2D eigenvalue weighted by Gasteiger charge is -2.02. The Bertz CT molecular complexity index is 469. The Morgan fingerprint density at radius 3 is 2.86 bits per heavy atom. The largest absolute Gasteiger partial charge is 0.380 e. The summed E-state index contributed by atoms with van der Waals surface area (Å²) in [6.07, 6.45) is 3.54. The Hall–Kier alpha value is -0.890. The first-order chi connectivity index (χ1) is 6.66. The lowest BCUT2D eigenvalue weighted by molar-refractivity contribution is 0.865. The molecule has 0 aliphatic rings. The SMILES string of the molecule is Nc1nnc(Cl)cc1-n1cc(I)cn1. The van der Waals surface area contributed by atoms with Crippen LogP contribution in [0.4, 0.5) is 5.82 Å². The molecule has 5 nitrogen and oxygen atoms in total. The molecule has 0 saturated carbocycles. The summed E-state index contributed by atoms with van der Waals surface area (Å²) in [4.78, 5) is 0. The summed E-state index contributed by atoms with van der Waals surface area (Å²) in [5, 5.41) is 11.7. The fraction of sp³-hybridized carbons (Fsp3) is 0. The van der Waals surface area contributed by atoms with E-state index in [-0.39, 0.29) is 0 Å². The van der Waals surface area contributed by atoms with Gasteiger partial charge >= 0.3 is 0 Å². The minimum Gasteiger partial charge on any atom is -0.380 e. The van der Waals surface area contributed by atoms with Crippen molar-refractivity contribution in [1.29, 1.82) is 0 Å². The summed E-state index contributed by atoms with van der Waals surface area (Å²) in [7, 11) is 0. The van der Waals surface area contributed by atoms with E-state index in [2.05, 4.69) is 37.9 Å². The van der Waals surface area contributed by atoms with Crippen molar-refractivity contribution in [2.75, 3.05) is 5.73 Å². The van der Waals surface area contributed by atoms with Crippen molar-refractivity contribution in [3.05, 3.63) is 27.2 Å². The van der Waals surface area contributed by atoms with E-state index in [1.54, 1.807) is 16.9 Å². The number of nitrogen functional groups attached to an aromatic ring is 1. The Kier molecular flexibility index (Phi) is 2.55. The number of nitrogens with zero attached hydrogens (tertiary/aromatic N) is 4. The van der Waals surface area contributed by atoms with Crippen LogP contribution in [0.1, 0.15) is 0 Å². The van der Waals surface area contributed by atoms with Gasteiger partial charge in [-0.25, -0.2) is 4.68 Å². The van der Waals surface area contributed by atoms with Crippen molar-refractivity contribution in [2.45, 2.75) is 0 Å². The Labute approximate surface area is 98.4 Å². The van der Waals surface area contributed by atoms with Gasteiger partial charge in [-0.05, 0) is 22.6 Å². The third-order valence-electron chi connectivity index (χ3n) is 1.57. The van der Waals surface area contributed by atoms with Crippen molar-refractivity contribution in [3.63, 3.8) is 0 Å². The first kappa shape index (κ1) is 9.66. The first-order valence-electron chi connectivity index (χ1n) is 3.66. The fourth-order valence-corrected chi connectivity index (χ4v) is 1.51. The summed E-state index contributed by atoms with van der Waals surface area (Å²) < 4.78 is 2.62. The number of rotatable bonds is 1. The second-order valence-corrected chi connectivity index (χ2v) is 4.17.